The van der Waals surface area contributed by atoms with E-state index in [0.29, 0.717) is 35.0 Å². The number of carbonyl (C=O) groups is 4. The molecule has 10 nitrogen and oxygen atoms in total. The standard InChI is InChI=1S/C31H43N5O5/c1-31(2,3)41-30(40)22-11-13-24(14-12-22)34-29(39)28(36(20-37)26-15-9-21(18-32)10-16-26)23-7-6-8-25(17-23)33-27(38)19-35(4)5/h6-8,11-14,17,20-21,26,28H,9-10,15-16,18-19,32H2,1-5H3,(H,33,38)(H,34,39)/t21?,26?,28-/m0/s1. The lowest BCUT2D eigenvalue weighted by Gasteiger charge is -2.38. The van der Waals surface area contributed by atoms with Gasteiger partial charge in [0.2, 0.25) is 12.3 Å². The maximum atomic E-state index is 13.8. The minimum atomic E-state index is -0.942. The lowest BCUT2D eigenvalue weighted by molar-refractivity contribution is -0.133. The van der Waals surface area contributed by atoms with Crippen molar-refractivity contribution in [3.63, 3.8) is 0 Å². The number of amides is 3. The third-order valence-corrected chi connectivity index (χ3v) is 6.97. The molecule has 10 heteroatoms. The van der Waals surface area contributed by atoms with E-state index in [0.717, 1.165) is 32.1 Å². The van der Waals surface area contributed by atoms with Crippen LogP contribution in [0, 0.1) is 5.92 Å². The van der Waals surface area contributed by atoms with E-state index < -0.39 is 23.5 Å². The monoisotopic (exact) mass is 565 g/mol. The van der Waals surface area contributed by atoms with Crippen molar-refractivity contribution in [2.24, 2.45) is 11.7 Å². The minimum Gasteiger partial charge on any atom is -0.456 e. The topological polar surface area (TPSA) is 134 Å². The molecule has 0 aliphatic heterocycles. The molecule has 0 bridgehead atoms. The first-order valence-corrected chi connectivity index (χ1v) is 14.0. The second-order valence-corrected chi connectivity index (χ2v) is 11.8. The molecule has 41 heavy (non-hydrogen) atoms. The summed E-state index contributed by atoms with van der Waals surface area (Å²) in [6.45, 7) is 6.20. The number of rotatable bonds is 11. The minimum absolute atomic E-state index is 0.132. The van der Waals surface area contributed by atoms with Crippen LogP contribution < -0.4 is 16.4 Å². The second-order valence-electron chi connectivity index (χ2n) is 11.8. The predicted molar refractivity (Wildman–Crippen MR) is 159 cm³/mol. The van der Waals surface area contributed by atoms with Crippen LogP contribution in [-0.2, 0) is 19.1 Å². The first-order valence-electron chi connectivity index (χ1n) is 14.0. The Morgan fingerprint density at radius 2 is 1.66 bits per heavy atom. The van der Waals surface area contributed by atoms with E-state index in [1.165, 1.54) is 0 Å². The summed E-state index contributed by atoms with van der Waals surface area (Å²) >= 11 is 0. The summed E-state index contributed by atoms with van der Waals surface area (Å²) in [5.74, 6) is -0.641. The fourth-order valence-corrected chi connectivity index (χ4v) is 5.01. The zero-order valence-corrected chi connectivity index (χ0v) is 24.7. The van der Waals surface area contributed by atoms with Crippen molar-refractivity contribution in [1.29, 1.82) is 0 Å². The van der Waals surface area contributed by atoms with Gasteiger partial charge in [0.1, 0.15) is 11.6 Å². The van der Waals surface area contributed by atoms with E-state index in [2.05, 4.69) is 10.6 Å². The first-order chi connectivity index (χ1) is 19.4. The number of benzene rings is 2. The maximum absolute atomic E-state index is 13.8. The number of anilines is 2. The van der Waals surface area contributed by atoms with Gasteiger partial charge in [-0.2, -0.15) is 0 Å². The van der Waals surface area contributed by atoms with Crippen LogP contribution in [-0.4, -0.2) is 72.8 Å². The van der Waals surface area contributed by atoms with Gasteiger partial charge in [-0.05, 0) is 115 Å². The Morgan fingerprint density at radius 1 is 1.00 bits per heavy atom. The average molecular weight is 566 g/mol. The van der Waals surface area contributed by atoms with Crippen LogP contribution in [0.1, 0.15) is 68.4 Å². The number of nitrogens with two attached hydrogens (primary N) is 1. The number of esters is 1. The smallest absolute Gasteiger partial charge is 0.338 e. The van der Waals surface area contributed by atoms with E-state index in [4.69, 9.17) is 10.5 Å². The molecule has 0 saturated heterocycles. The number of ether oxygens (including phenoxy) is 1. The molecule has 1 atom stereocenters. The molecule has 0 spiro atoms. The third-order valence-electron chi connectivity index (χ3n) is 6.97. The van der Waals surface area contributed by atoms with Gasteiger partial charge in [0.15, 0.2) is 0 Å². The van der Waals surface area contributed by atoms with Crippen molar-refractivity contribution < 1.29 is 23.9 Å². The van der Waals surface area contributed by atoms with Crippen molar-refractivity contribution in [3.8, 4) is 0 Å². The van der Waals surface area contributed by atoms with Crippen LogP contribution in [0.4, 0.5) is 11.4 Å². The molecule has 3 amide bonds. The molecule has 1 aliphatic rings. The van der Waals surface area contributed by atoms with Crippen LogP contribution in [0.2, 0.25) is 0 Å². The lowest BCUT2D eigenvalue weighted by Crippen LogP contribution is -2.45. The second kappa shape index (κ2) is 14.2. The van der Waals surface area contributed by atoms with Gasteiger partial charge in [-0.25, -0.2) is 4.79 Å². The van der Waals surface area contributed by atoms with Gasteiger partial charge in [0, 0.05) is 17.4 Å². The van der Waals surface area contributed by atoms with Crippen LogP contribution in [0.15, 0.2) is 48.5 Å². The number of nitrogens with zero attached hydrogens (tertiary/aromatic N) is 2. The van der Waals surface area contributed by atoms with E-state index in [-0.39, 0.29) is 18.5 Å². The summed E-state index contributed by atoms with van der Waals surface area (Å²) < 4.78 is 5.42. The van der Waals surface area contributed by atoms with Crippen molar-refractivity contribution in [1.82, 2.24) is 9.80 Å². The molecule has 1 fully saturated rings. The highest BCUT2D eigenvalue weighted by Crippen LogP contribution is 2.33. The molecule has 2 aromatic carbocycles. The Morgan fingerprint density at radius 3 is 2.22 bits per heavy atom. The van der Waals surface area contributed by atoms with Gasteiger partial charge < -0.3 is 30.9 Å². The van der Waals surface area contributed by atoms with Crippen molar-refractivity contribution in [3.05, 3.63) is 59.7 Å². The Balaban J connectivity index is 1.88. The molecule has 3 rings (SSSR count). The summed E-state index contributed by atoms with van der Waals surface area (Å²) in [5, 5.41) is 5.77. The van der Waals surface area contributed by atoms with Gasteiger partial charge >= 0.3 is 5.97 Å². The maximum Gasteiger partial charge on any atom is 0.338 e. The molecule has 0 heterocycles. The normalized spacial score (nSPS) is 17.8. The van der Waals surface area contributed by atoms with Crippen molar-refractivity contribution in [2.45, 2.75) is 64.1 Å². The molecule has 0 aromatic heterocycles. The molecule has 1 aliphatic carbocycles. The van der Waals surface area contributed by atoms with Crippen molar-refractivity contribution in [2.75, 3.05) is 37.8 Å². The molecular formula is C31H43N5O5. The highest BCUT2D eigenvalue weighted by Gasteiger charge is 2.34. The van der Waals surface area contributed by atoms with Crippen LogP contribution in [0.5, 0.6) is 0 Å². The SMILES string of the molecule is CN(C)CC(=O)Nc1cccc([C@@H](C(=O)Nc2ccc(C(=O)OC(C)(C)C)cc2)N(C=O)C2CCC(CN)CC2)c1. The highest BCUT2D eigenvalue weighted by molar-refractivity contribution is 5.98. The van der Waals surface area contributed by atoms with Gasteiger partial charge in [0.05, 0.1) is 12.1 Å². The number of carbonyl (C=O) groups excluding carboxylic acids is 4. The van der Waals surface area contributed by atoms with Crippen LogP contribution in [0.25, 0.3) is 0 Å². The molecule has 4 N–H and O–H groups in total. The average Bonchev–Trinajstić information content (AvgIpc) is 2.90. The summed E-state index contributed by atoms with van der Waals surface area (Å²) in [5.41, 5.74) is 7.19. The summed E-state index contributed by atoms with van der Waals surface area (Å²) in [7, 11) is 3.61. The fraction of sp³-hybridized carbons (Fsp3) is 0.484. The Labute approximate surface area is 242 Å². The Kier molecular flexibility index (Phi) is 11.0. The predicted octanol–water partition coefficient (Wildman–Crippen LogP) is 3.80. The quantitative estimate of drug-likeness (QED) is 0.279. The number of hydrogen-bond acceptors (Lipinski definition) is 7. The molecule has 222 valence electrons. The van der Waals surface area contributed by atoms with Gasteiger partial charge in [0.25, 0.3) is 5.91 Å². The first kappa shape index (κ1) is 31.8. The van der Waals surface area contributed by atoms with Crippen LogP contribution >= 0.6 is 0 Å². The van der Waals surface area contributed by atoms with Gasteiger partial charge in [-0.1, -0.05) is 12.1 Å². The molecule has 2 aromatic rings. The zero-order chi connectivity index (χ0) is 30.2. The molecule has 0 unspecified atom stereocenters. The molecular weight excluding hydrogens is 522 g/mol. The zero-order valence-electron chi connectivity index (χ0n) is 24.7. The third kappa shape index (κ3) is 9.40. The lowest BCUT2D eigenvalue weighted by atomic mass is 9.84. The number of hydrogen-bond donors (Lipinski definition) is 3. The number of nitrogens with one attached hydrogen (secondary N) is 2. The fourth-order valence-electron chi connectivity index (χ4n) is 5.01. The summed E-state index contributed by atoms with van der Waals surface area (Å²) in [4.78, 5) is 54.5. The Bertz CT molecular complexity index is 1200. The summed E-state index contributed by atoms with van der Waals surface area (Å²) in [6.07, 6.45) is 3.99. The molecule has 1 saturated carbocycles. The molecule has 0 radical (unpaired) electrons. The largest absolute Gasteiger partial charge is 0.456 e. The summed E-state index contributed by atoms with van der Waals surface area (Å²) in [6, 6.07) is 12.4. The highest BCUT2D eigenvalue weighted by atomic mass is 16.6. The number of likely N-dealkylation sites (N-methyl/N-ethyl adjacent to an activating group) is 1. The van der Waals surface area contributed by atoms with E-state index >= 15 is 0 Å². The van der Waals surface area contributed by atoms with Crippen molar-refractivity contribution >= 4 is 35.6 Å². The van der Waals surface area contributed by atoms with E-state index in [1.807, 2.05) is 0 Å². The van der Waals surface area contributed by atoms with Crippen LogP contribution in [0.3, 0.4) is 0 Å². The Hall–Kier alpha value is -3.76. The van der Waals surface area contributed by atoms with Gasteiger partial charge in [-0.3, -0.25) is 14.4 Å². The van der Waals surface area contributed by atoms with E-state index in [9.17, 15) is 19.2 Å². The van der Waals surface area contributed by atoms with E-state index in [1.54, 1.807) is 93.2 Å². The van der Waals surface area contributed by atoms with Gasteiger partial charge in [-0.15, -0.1) is 0 Å².